The van der Waals surface area contributed by atoms with Gasteiger partial charge in [-0.05, 0) is 38.7 Å². The molecule has 1 aromatic heterocycles. The number of rotatable bonds is 9. The first kappa shape index (κ1) is 16.2. The molecule has 0 aliphatic carbocycles. The number of nitrogens with zero attached hydrogens (tertiary/aromatic N) is 2. The molecule has 0 saturated carbocycles. The standard InChI is InChI=1S/C15H30N4/c1-5-8-13(9-6-2)15(17-16)11-14-10-12(4)18-19(14)7-3/h10,13,15,17H,5-9,11,16H2,1-4H3. The summed E-state index contributed by atoms with van der Waals surface area (Å²) in [7, 11) is 0. The van der Waals surface area contributed by atoms with Gasteiger partial charge in [-0.3, -0.25) is 16.0 Å². The van der Waals surface area contributed by atoms with Crippen LogP contribution in [0.5, 0.6) is 0 Å². The van der Waals surface area contributed by atoms with Crippen LogP contribution in [-0.2, 0) is 13.0 Å². The third-order valence-corrected chi connectivity index (χ3v) is 3.82. The molecule has 4 nitrogen and oxygen atoms in total. The molecular weight excluding hydrogens is 236 g/mol. The Labute approximate surface area is 117 Å². The molecular formula is C15H30N4. The average molecular weight is 266 g/mol. The van der Waals surface area contributed by atoms with Gasteiger partial charge in [0.15, 0.2) is 0 Å². The number of nitrogens with one attached hydrogen (secondary N) is 1. The molecule has 1 aromatic rings. The summed E-state index contributed by atoms with van der Waals surface area (Å²) in [5.41, 5.74) is 5.42. The van der Waals surface area contributed by atoms with Crippen molar-refractivity contribution in [1.82, 2.24) is 15.2 Å². The molecule has 1 rings (SSSR count). The molecule has 4 heteroatoms. The number of aromatic nitrogens is 2. The number of hydrogen-bond donors (Lipinski definition) is 2. The number of nitrogens with two attached hydrogens (primary N) is 1. The summed E-state index contributed by atoms with van der Waals surface area (Å²) in [4.78, 5) is 0. The Morgan fingerprint density at radius 2 is 1.89 bits per heavy atom. The minimum Gasteiger partial charge on any atom is -0.271 e. The van der Waals surface area contributed by atoms with E-state index in [1.165, 1.54) is 31.4 Å². The predicted molar refractivity (Wildman–Crippen MR) is 80.8 cm³/mol. The molecule has 3 N–H and O–H groups in total. The van der Waals surface area contributed by atoms with E-state index in [0.29, 0.717) is 12.0 Å². The van der Waals surface area contributed by atoms with Gasteiger partial charge in [0.25, 0.3) is 0 Å². The Hall–Kier alpha value is -0.870. The highest BCUT2D eigenvalue weighted by Gasteiger charge is 2.21. The van der Waals surface area contributed by atoms with Gasteiger partial charge in [-0.25, -0.2) is 0 Å². The van der Waals surface area contributed by atoms with E-state index in [2.05, 4.69) is 49.0 Å². The van der Waals surface area contributed by atoms with Crippen LogP contribution in [0.25, 0.3) is 0 Å². The average Bonchev–Trinajstić information content (AvgIpc) is 2.76. The zero-order chi connectivity index (χ0) is 14.3. The van der Waals surface area contributed by atoms with Gasteiger partial charge in [-0.15, -0.1) is 0 Å². The second kappa shape index (κ2) is 8.33. The van der Waals surface area contributed by atoms with Gasteiger partial charge >= 0.3 is 0 Å². The van der Waals surface area contributed by atoms with Crippen LogP contribution in [0.3, 0.4) is 0 Å². The number of hydrazine groups is 1. The lowest BCUT2D eigenvalue weighted by molar-refractivity contribution is 0.306. The summed E-state index contributed by atoms with van der Waals surface area (Å²) in [6, 6.07) is 2.53. The molecule has 110 valence electrons. The van der Waals surface area contributed by atoms with Crippen LogP contribution in [0.1, 0.15) is 57.8 Å². The van der Waals surface area contributed by atoms with Crippen molar-refractivity contribution in [3.05, 3.63) is 17.5 Å². The molecule has 1 unspecified atom stereocenters. The highest BCUT2D eigenvalue weighted by molar-refractivity contribution is 5.10. The smallest absolute Gasteiger partial charge is 0.0596 e. The van der Waals surface area contributed by atoms with Crippen molar-refractivity contribution in [2.75, 3.05) is 0 Å². The lowest BCUT2D eigenvalue weighted by atomic mass is 9.88. The first-order valence-corrected chi connectivity index (χ1v) is 7.65. The monoisotopic (exact) mass is 266 g/mol. The zero-order valence-corrected chi connectivity index (χ0v) is 12.9. The second-order valence-corrected chi connectivity index (χ2v) is 5.41. The lowest BCUT2D eigenvalue weighted by Gasteiger charge is -2.26. The van der Waals surface area contributed by atoms with Crippen molar-refractivity contribution in [3.8, 4) is 0 Å². The highest BCUT2D eigenvalue weighted by atomic mass is 15.3. The summed E-state index contributed by atoms with van der Waals surface area (Å²) in [6.45, 7) is 9.60. The quantitative estimate of drug-likeness (QED) is 0.534. The van der Waals surface area contributed by atoms with Gasteiger partial charge in [0.1, 0.15) is 0 Å². The maximum Gasteiger partial charge on any atom is 0.0596 e. The molecule has 0 fully saturated rings. The van der Waals surface area contributed by atoms with E-state index < -0.39 is 0 Å². The van der Waals surface area contributed by atoms with E-state index in [9.17, 15) is 0 Å². The van der Waals surface area contributed by atoms with Gasteiger partial charge in [-0.2, -0.15) is 5.10 Å². The molecule has 0 spiro atoms. The molecule has 0 aromatic carbocycles. The summed E-state index contributed by atoms with van der Waals surface area (Å²) in [6.07, 6.45) is 5.88. The fraction of sp³-hybridized carbons (Fsp3) is 0.800. The minimum absolute atomic E-state index is 0.348. The van der Waals surface area contributed by atoms with Crippen LogP contribution in [0.15, 0.2) is 6.07 Å². The fourth-order valence-electron chi connectivity index (χ4n) is 2.91. The van der Waals surface area contributed by atoms with Crippen LogP contribution in [0.2, 0.25) is 0 Å². The molecule has 19 heavy (non-hydrogen) atoms. The molecule has 1 atom stereocenters. The molecule has 0 amide bonds. The van der Waals surface area contributed by atoms with E-state index in [-0.39, 0.29) is 0 Å². The first-order chi connectivity index (χ1) is 9.15. The Bertz CT molecular complexity index is 353. The molecule has 1 heterocycles. The Morgan fingerprint density at radius 3 is 2.37 bits per heavy atom. The normalized spacial score (nSPS) is 13.2. The van der Waals surface area contributed by atoms with Crippen molar-refractivity contribution in [3.63, 3.8) is 0 Å². The zero-order valence-electron chi connectivity index (χ0n) is 12.9. The molecule has 0 aliphatic rings. The molecule has 0 bridgehead atoms. The van der Waals surface area contributed by atoms with Gasteiger partial charge in [-0.1, -0.05) is 26.7 Å². The summed E-state index contributed by atoms with van der Waals surface area (Å²) in [5.74, 6) is 6.45. The first-order valence-electron chi connectivity index (χ1n) is 7.65. The maximum atomic E-state index is 5.80. The Balaban J connectivity index is 2.78. The SMILES string of the molecule is CCCC(CCC)C(Cc1cc(C)nn1CC)NN. The summed E-state index contributed by atoms with van der Waals surface area (Å²) >= 11 is 0. The topological polar surface area (TPSA) is 55.9 Å². The summed E-state index contributed by atoms with van der Waals surface area (Å²) in [5, 5.41) is 4.52. The Kier molecular flexibility index (Phi) is 7.10. The van der Waals surface area contributed by atoms with Crippen molar-refractivity contribution >= 4 is 0 Å². The van der Waals surface area contributed by atoms with E-state index in [4.69, 9.17) is 5.84 Å². The molecule has 0 saturated heterocycles. The third kappa shape index (κ3) is 4.62. The number of hydrogen-bond acceptors (Lipinski definition) is 3. The minimum atomic E-state index is 0.348. The maximum absolute atomic E-state index is 5.80. The van der Waals surface area contributed by atoms with Crippen molar-refractivity contribution < 1.29 is 0 Å². The fourth-order valence-corrected chi connectivity index (χ4v) is 2.91. The summed E-state index contributed by atoms with van der Waals surface area (Å²) < 4.78 is 2.09. The van der Waals surface area contributed by atoms with Gasteiger partial charge < -0.3 is 0 Å². The largest absolute Gasteiger partial charge is 0.271 e. The highest BCUT2D eigenvalue weighted by Crippen LogP contribution is 2.21. The van der Waals surface area contributed by atoms with E-state index in [1.807, 2.05) is 0 Å². The van der Waals surface area contributed by atoms with E-state index in [0.717, 1.165) is 18.7 Å². The van der Waals surface area contributed by atoms with Gasteiger partial charge in [0.05, 0.1) is 5.69 Å². The van der Waals surface area contributed by atoms with Crippen LogP contribution in [0.4, 0.5) is 0 Å². The van der Waals surface area contributed by atoms with Crippen LogP contribution in [0, 0.1) is 12.8 Å². The predicted octanol–water partition coefficient (Wildman–Crippen LogP) is 2.80. The van der Waals surface area contributed by atoms with E-state index >= 15 is 0 Å². The van der Waals surface area contributed by atoms with Crippen molar-refractivity contribution in [2.45, 2.75) is 72.4 Å². The van der Waals surface area contributed by atoms with E-state index in [1.54, 1.807) is 0 Å². The van der Waals surface area contributed by atoms with Crippen LogP contribution >= 0.6 is 0 Å². The molecule has 0 aliphatic heterocycles. The van der Waals surface area contributed by atoms with Gasteiger partial charge in [0, 0.05) is 24.7 Å². The third-order valence-electron chi connectivity index (χ3n) is 3.82. The van der Waals surface area contributed by atoms with Crippen molar-refractivity contribution in [2.24, 2.45) is 11.8 Å². The molecule has 0 radical (unpaired) electrons. The number of aryl methyl sites for hydroxylation is 2. The van der Waals surface area contributed by atoms with Crippen molar-refractivity contribution in [1.29, 1.82) is 0 Å². The second-order valence-electron chi connectivity index (χ2n) is 5.41. The van der Waals surface area contributed by atoms with Crippen LogP contribution in [-0.4, -0.2) is 15.8 Å². The lowest BCUT2D eigenvalue weighted by Crippen LogP contribution is -2.43. The van der Waals surface area contributed by atoms with Crippen LogP contribution < -0.4 is 11.3 Å². The Morgan fingerprint density at radius 1 is 1.26 bits per heavy atom. The van der Waals surface area contributed by atoms with Gasteiger partial charge in [0.2, 0.25) is 0 Å².